The van der Waals surface area contributed by atoms with E-state index in [2.05, 4.69) is 34.9 Å². The molecular formula is C16H21N3O2. The topological polar surface area (TPSA) is 61.4 Å². The van der Waals surface area contributed by atoms with Crippen LogP contribution in [0.25, 0.3) is 0 Å². The van der Waals surface area contributed by atoms with E-state index in [-0.39, 0.29) is 11.9 Å². The first-order chi connectivity index (χ1) is 10.2. The van der Waals surface area contributed by atoms with Crippen molar-refractivity contribution < 1.29 is 9.59 Å². The fraction of sp³-hybridized carbons (Fsp3) is 0.500. The molecule has 5 nitrogen and oxygen atoms in total. The predicted octanol–water partition coefficient (Wildman–Crippen LogP) is 0.933. The molecule has 0 unspecified atom stereocenters. The van der Waals surface area contributed by atoms with E-state index in [1.165, 1.54) is 11.1 Å². The van der Waals surface area contributed by atoms with Gasteiger partial charge in [0.15, 0.2) is 0 Å². The Labute approximate surface area is 124 Å². The second kappa shape index (κ2) is 6.16. The molecule has 1 saturated heterocycles. The molecule has 1 aliphatic carbocycles. The van der Waals surface area contributed by atoms with Crippen LogP contribution in [-0.2, 0) is 17.6 Å². The third-order valence-electron chi connectivity index (χ3n) is 4.26. The van der Waals surface area contributed by atoms with Gasteiger partial charge < -0.3 is 15.5 Å². The molecule has 0 spiro atoms. The lowest BCUT2D eigenvalue weighted by molar-refractivity contribution is -0.121. The van der Waals surface area contributed by atoms with Crippen molar-refractivity contribution in [2.75, 3.05) is 26.2 Å². The third-order valence-corrected chi connectivity index (χ3v) is 4.26. The minimum Gasteiger partial charge on any atom is -0.354 e. The van der Waals surface area contributed by atoms with Crippen molar-refractivity contribution in [3.05, 3.63) is 35.4 Å². The Morgan fingerprint density at radius 3 is 2.62 bits per heavy atom. The first kappa shape index (κ1) is 13.9. The van der Waals surface area contributed by atoms with Crippen LogP contribution < -0.4 is 10.6 Å². The molecule has 3 rings (SSSR count). The van der Waals surface area contributed by atoms with Crippen molar-refractivity contribution in [3.8, 4) is 0 Å². The molecule has 2 aliphatic rings. The van der Waals surface area contributed by atoms with Crippen molar-refractivity contribution >= 4 is 11.9 Å². The number of nitrogens with one attached hydrogen (secondary N) is 2. The van der Waals surface area contributed by atoms with E-state index in [4.69, 9.17) is 0 Å². The fourth-order valence-corrected chi connectivity index (χ4v) is 3.18. The van der Waals surface area contributed by atoms with Gasteiger partial charge in [0, 0.05) is 32.6 Å². The summed E-state index contributed by atoms with van der Waals surface area (Å²) in [7, 11) is 0. The zero-order valence-corrected chi connectivity index (χ0v) is 12.1. The number of hydrogen-bond acceptors (Lipinski definition) is 2. The van der Waals surface area contributed by atoms with E-state index in [1.807, 2.05) is 0 Å². The summed E-state index contributed by atoms with van der Waals surface area (Å²) in [4.78, 5) is 25.1. The number of benzene rings is 1. The quantitative estimate of drug-likeness (QED) is 0.846. The van der Waals surface area contributed by atoms with Crippen LogP contribution in [0.15, 0.2) is 24.3 Å². The van der Waals surface area contributed by atoms with Gasteiger partial charge in [-0.25, -0.2) is 4.79 Å². The zero-order valence-electron chi connectivity index (χ0n) is 12.1. The number of nitrogens with zero attached hydrogens (tertiary/aromatic N) is 1. The van der Waals surface area contributed by atoms with Gasteiger partial charge in [0.05, 0.1) is 0 Å². The first-order valence-corrected chi connectivity index (χ1v) is 7.58. The van der Waals surface area contributed by atoms with Gasteiger partial charge in [-0.15, -0.1) is 0 Å². The Balaban J connectivity index is 1.38. The van der Waals surface area contributed by atoms with Crippen LogP contribution in [0.4, 0.5) is 4.79 Å². The number of urea groups is 1. The summed E-state index contributed by atoms with van der Waals surface area (Å²) >= 11 is 0. The highest BCUT2D eigenvalue weighted by Crippen LogP contribution is 2.28. The minimum absolute atomic E-state index is 0.0320. The molecular weight excluding hydrogens is 266 g/mol. The molecule has 1 aliphatic heterocycles. The Kier molecular flexibility index (Phi) is 4.08. The Bertz CT molecular complexity index is 519. The van der Waals surface area contributed by atoms with Gasteiger partial charge in [-0.1, -0.05) is 24.3 Å². The summed E-state index contributed by atoms with van der Waals surface area (Å²) in [6.07, 6.45) is 2.57. The highest BCUT2D eigenvalue weighted by atomic mass is 16.2. The molecule has 0 bridgehead atoms. The average Bonchev–Trinajstić information content (AvgIpc) is 3.04. The summed E-state index contributed by atoms with van der Waals surface area (Å²) in [5.74, 6) is 0.505. The normalized spacial score (nSPS) is 17.7. The lowest BCUT2D eigenvalue weighted by Crippen LogP contribution is -2.37. The molecule has 112 valence electrons. The lowest BCUT2D eigenvalue weighted by atomic mass is 10.0. The second-order valence-electron chi connectivity index (χ2n) is 5.82. The van der Waals surface area contributed by atoms with E-state index in [0.29, 0.717) is 32.0 Å². The Morgan fingerprint density at radius 1 is 1.29 bits per heavy atom. The molecule has 0 radical (unpaired) electrons. The lowest BCUT2D eigenvalue weighted by Gasteiger charge is -2.15. The summed E-state index contributed by atoms with van der Waals surface area (Å²) < 4.78 is 0. The number of carbonyl (C=O) groups excluding carboxylic acids is 2. The molecule has 1 aromatic rings. The molecule has 21 heavy (non-hydrogen) atoms. The SMILES string of the molecule is O=C(CC1Cc2ccccc2C1)NCCN1CCNC1=O. The first-order valence-electron chi connectivity index (χ1n) is 7.58. The molecule has 2 N–H and O–H groups in total. The summed E-state index contributed by atoms with van der Waals surface area (Å²) in [6.45, 7) is 2.55. The molecule has 0 saturated carbocycles. The number of rotatable bonds is 5. The van der Waals surface area contributed by atoms with E-state index in [1.54, 1.807) is 4.90 Å². The van der Waals surface area contributed by atoms with Crippen LogP contribution in [0.5, 0.6) is 0 Å². The number of amides is 3. The summed E-state index contributed by atoms with van der Waals surface area (Å²) in [5.41, 5.74) is 2.76. The summed E-state index contributed by atoms with van der Waals surface area (Å²) in [6, 6.07) is 8.39. The van der Waals surface area contributed by atoms with Gasteiger partial charge in [0.25, 0.3) is 0 Å². The molecule has 0 atom stereocenters. The van der Waals surface area contributed by atoms with E-state index < -0.39 is 0 Å². The minimum atomic E-state index is -0.0320. The number of fused-ring (bicyclic) bond motifs is 1. The van der Waals surface area contributed by atoms with Gasteiger partial charge in [-0.2, -0.15) is 0 Å². The molecule has 3 amide bonds. The average molecular weight is 287 g/mol. The zero-order chi connectivity index (χ0) is 14.7. The number of hydrogen-bond donors (Lipinski definition) is 2. The monoisotopic (exact) mass is 287 g/mol. The van der Waals surface area contributed by atoms with Gasteiger partial charge in [-0.05, 0) is 29.9 Å². The van der Waals surface area contributed by atoms with Crippen molar-refractivity contribution in [2.45, 2.75) is 19.3 Å². The van der Waals surface area contributed by atoms with Gasteiger partial charge in [0.2, 0.25) is 5.91 Å². The van der Waals surface area contributed by atoms with Gasteiger partial charge in [-0.3, -0.25) is 4.79 Å². The van der Waals surface area contributed by atoms with E-state index in [9.17, 15) is 9.59 Å². The molecule has 1 aromatic carbocycles. The smallest absolute Gasteiger partial charge is 0.317 e. The standard InChI is InChI=1S/C16H21N3O2/c20-15(17-5-7-19-8-6-18-16(19)21)11-12-9-13-3-1-2-4-14(13)10-12/h1-4,12H,5-11H2,(H,17,20)(H,18,21). The third kappa shape index (κ3) is 3.35. The van der Waals surface area contributed by atoms with Crippen LogP contribution in [0, 0.1) is 5.92 Å². The van der Waals surface area contributed by atoms with Crippen molar-refractivity contribution in [2.24, 2.45) is 5.92 Å². The van der Waals surface area contributed by atoms with Crippen LogP contribution in [0.3, 0.4) is 0 Å². The van der Waals surface area contributed by atoms with E-state index in [0.717, 1.165) is 19.4 Å². The predicted molar refractivity (Wildman–Crippen MR) is 79.9 cm³/mol. The molecule has 0 aromatic heterocycles. The van der Waals surface area contributed by atoms with Crippen LogP contribution in [0.2, 0.25) is 0 Å². The Morgan fingerprint density at radius 2 is 2.00 bits per heavy atom. The van der Waals surface area contributed by atoms with Gasteiger partial charge >= 0.3 is 6.03 Å². The van der Waals surface area contributed by atoms with Crippen molar-refractivity contribution in [1.29, 1.82) is 0 Å². The highest BCUT2D eigenvalue weighted by molar-refractivity contribution is 5.77. The Hall–Kier alpha value is -2.04. The van der Waals surface area contributed by atoms with Crippen LogP contribution in [0.1, 0.15) is 17.5 Å². The van der Waals surface area contributed by atoms with Crippen molar-refractivity contribution in [1.82, 2.24) is 15.5 Å². The maximum Gasteiger partial charge on any atom is 0.317 e. The molecule has 5 heteroatoms. The fourth-order valence-electron chi connectivity index (χ4n) is 3.18. The maximum atomic E-state index is 12.0. The molecule has 1 fully saturated rings. The largest absolute Gasteiger partial charge is 0.354 e. The van der Waals surface area contributed by atoms with Crippen LogP contribution in [-0.4, -0.2) is 43.0 Å². The maximum absolute atomic E-state index is 12.0. The van der Waals surface area contributed by atoms with Gasteiger partial charge in [0.1, 0.15) is 0 Å². The van der Waals surface area contributed by atoms with Crippen molar-refractivity contribution in [3.63, 3.8) is 0 Å². The number of carbonyl (C=O) groups is 2. The second-order valence-corrected chi connectivity index (χ2v) is 5.82. The molecule has 1 heterocycles. The highest BCUT2D eigenvalue weighted by Gasteiger charge is 2.23. The summed E-state index contributed by atoms with van der Waals surface area (Å²) in [5, 5.41) is 5.67. The van der Waals surface area contributed by atoms with E-state index >= 15 is 0 Å². The van der Waals surface area contributed by atoms with Crippen LogP contribution >= 0.6 is 0 Å².